The quantitative estimate of drug-likeness (QED) is 0.356. The van der Waals surface area contributed by atoms with Crippen LogP contribution in [0.25, 0.3) is 6.08 Å². The number of halogens is 1. The standard InChI is InChI=1S/C29H38FNO4/c1-5-34-29(33)13-12-24-8-6-7-9-27(24)22(4)35-19-26(32)18-31-17-20(2)14-25(31)15-23-11-10-21(3)28(30)16-23/h6-13,16,20,22,25-26,32H,5,14-15,17-19H2,1-4H3/b13-12+/t20-,22-,25+,26-/m1/s1. The highest BCUT2D eigenvalue weighted by Crippen LogP contribution is 2.27. The number of aliphatic hydroxyl groups is 1. The fourth-order valence-corrected chi connectivity index (χ4v) is 4.76. The Balaban J connectivity index is 1.56. The number of benzene rings is 2. The maximum absolute atomic E-state index is 14.0. The third-order valence-electron chi connectivity index (χ3n) is 6.55. The average Bonchev–Trinajstić information content (AvgIpc) is 3.17. The molecule has 0 saturated carbocycles. The van der Waals surface area contributed by atoms with Crippen molar-refractivity contribution in [2.24, 2.45) is 5.92 Å². The first-order valence-electron chi connectivity index (χ1n) is 12.5. The smallest absolute Gasteiger partial charge is 0.330 e. The van der Waals surface area contributed by atoms with Crippen molar-refractivity contribution in [2.45, 2.75) is 58.8 Å². The molecule has 4 atom stereocenters. The van der Waals surface area contributed by atoms with E-state index in [4.69, 9.17) is 9.47 Å². The Bertz CT molecular complexity index is 1010. The van der Waals surface area contributed by atoms with Crippen LogP contribution in [0.3, 0.4) is 0 Å². The van der Waals surface area contributed by atoms with Gasteiger partial charge in [0.15, 0.2) is 0 Å². The van der Waals surface area contributed by atoms with E-state index in [9.17, 15) is 14.3 Å². The molecule has 0 bridgehead atoms. The zero-order valence-corrected chi connectivity index (χ0v) is 21.2. The Hall–Kier alpha value is -2.54. The summed E-state index contributed by atoms with van der Waals surface area (Å²) in [7, 11) is 0. The number of nitrogens with zero attached hydrogens (tertiary/aromatic N) is 1. The molecule has 0 aliphatic carbocycles. The molecule has 1 aliphatic rings. The molecule has 2 aromatic rings. The second-order valence-corrected chi connectivity index (χ2v) is 9.58. The average molecular weight is 484 g/mol. The molecule has 2 aromatic carbocycles. The number of carbonyl (C=O) groups is 1. The van der Waals surface area contributed by atoms with E-state index in [1.54, 1.807) is 26.0 Å². The van der Waals surface area contributed by atoms with Crippen molar-refractivity contribution in [1.82, 2.24) is 4.90 Å². The summed E-state index contributed by atoms with van der Waals surface area (Å²) in [6.07, 6.45) is 4.05. The molecule has 3 rings (SSSR count). The lowest BCUT2D eigenvalue weighted by Crippen LogP contribution is -2.39. The number of carbonyl (C=O) groups excluding carboxylic acids is 1. The normalized spacial score (nSPS) is 20.3. The van der Waals surface area contributed by atoms with Gasteiger partial charge < -0.3 is 14.6 Å². The van der Waals surface area contributed by atoms with Gasteiger partial charge in [-0.3, -0.25) is 4.90 Å². The van der Waals surface area contributed by atoms with Gasteiger partial charge in [0.1, 0.15) is 5.82 Å². The van der Waals surface area contributed by atoms with Crippen molar-refractivity contribution < 1.29 is 23.8 Å². The van der Waals surface area contributed by atoms with Gasteiger partial charge in [-0.15, -0.1) is 0 Å². The summed E-state index contributed by atoms with van der Waals surface area (Å²) in [6, 6.07) is 13.4. The first-order chi connectivity index (χ1) is 16.8. The Kier molecular flexibility index (Phi) is 10.0. The minimum absolute atomic E-state index is 0.167. The van der Waals surface area contributed by atoms with Crippen molar-refractivity contribution in [3.8, 4) is 0 Å². The van der Waals surface area contributed by atoms with Gasteiger partial charge in [0, 0.05) is 25.2 Å². The van der Waals surface area contributed by atoms with E-state index in [1.165, 1.54) is 6.08 Å². The number of β-amino-alcohol motifs (C(OH)–C–C–N with tert-alkyl or cyclic N) is 1. The van der Waals surface area contributed by atoms with Crippen LogP contribution in [0.4, 0.5) is 4.39 Å². The highest BCUT2D eigenvalue weighted by Gasteiger charge is 2.31. The molecular formula is C29H38FNO4. The monoisotopic (exact) mass is 483 g/mol. The SMILES string of the molecule is CCOC(=O)/C=C/c1ccccc1[C@@H](C)OC[C@H](O)CN1C[C@H](C)C[C@H]1Cc1ccc(C)c(F)c1. The summed E-state index contributed by atoms with van der Waals surface area (Å²) in [5, 5.41) is 10.8. The molecule has 1 saturated heterocycles. The second kappa shape index (κ2) is 13.0. The van der Waals surface area contributed by atoms with Crippen LogP contribution >= 0.6 is 0 Å². The number of aliphatic hydroxyl groups excluding tert-OH is 1. The predicted octanol–water partition coefficient (Wildman–Crippen LogP) is 5.10. The van der Waals surface area contributed by atoms with Crippen LogP contribution in [0.2, 0.25) is 0 Å². The third kappa shape index (κ3) is 7.99. The minimum Gasteiger partial charge on any atom is -0.463 e. The molecule has 1 fully saturated rings. The highest BCUT2D eigenvalue weighted by molar-refractivity contribution is 5.87. The number of hydrogen-bond donors (Lipinski definition) is 1. The molecule has 0 unspecified atom stereocenters. The number of ether oxygens (including phenoxy) is 2. The summed E-state index contributed by atoms with van der Waals surface area (Å²) in [5.74, 6) is -0.0191. The van der Waals surface area contributed by atoms with Crippen molar-refractivity contribution in [1.29, 1.82) is 0 Å². The lowest BCUT2D eigenvalue weighted by atomic mass is 10.00. The fraction of sp³-hybridized carbons (Fsp3) is 0.483. The van der Waals surface area contributed by atoms with E-state index in [0.29, 0.717) is 24.6 Å². The molecule has 6 heteroatoms. The molecule has 0 amide bonds. The van der Waals surface area contributed by atoms with E-state index in [2.05, 4.69) is 11.8 Å². The van der Waals surface area contributed by atoms with Crippen LogP contribution in [-0.2, 0) is 20.7 Å². The third-order valence-corrected chi connectivity index (χ3v) is 6.55. The Labute approximate surface area is 208 Å². The highest BCUT2D eigenvalue weighted by atomic mass is 19.1. The number of likely N-dealkylation sites (tertiary alicyclic amines) is 1. The van der Waals surface area contributed by atoms with Gasteiger partial charge in [0.2, 0.25) is 0 Å². The van der Waals surface area contributed by atoms with Crippen LogP contribution < -0.4 is 0 Å². The number of rotatable bonds is 11. The molecule has 1 heterocycles. The van der Waals surface area contributed by atoms with Crippen LogP contribution in [0, 0.1) is 18.7 Å². The molecule has 0 aromatic heterocycles. The van der Waals surface area contributed by atoms with Gasteiger partial charge in [0.25, 0.3) is 0 Å². The molecule has 35 heavy (non-hydrogen) atoms. The predicted molar refractivity (Wildman–Crippen MR) is 136 cm³/mol. The lowest BCUT2D eigenvalue weighted by molar-refractivity contribution is -0.137. The van der Waals surface area contributed by atoms with Crippen molar-refractivity contribution in [2.75, 3.05) is 26.3 Å². The van der Waals surface area contributed by atoms with Crippen molar-refractivity contribution >= 4 is 12.0 Å². The maximum Gasteiger partial charge on any atom is 0.330 e. The largest absolute Gasteiger partial charge is 0.463 e. The van der Waals surface area contributed by atoms with Crippen molar-refractivity contribution in [3.05, 3.63) is 76.6 Å². The van der Waals surface area contributed by atoms with E-state index in [1.807, 2.05) is 43.3 Å². The van der Waals surface area contributed by atoms with E-state index in [0.717, 1.165) is 36.1 Å². The van der Waals surface area contributed by atoms with Crippen LogP contribution in [0.1, 0.15) is 55.5 Å². The molecule has 190 valence electrons. The molecular weight excluding hydrogens is 445 g/mol. The molecule has 0 radical (unpaired) electrons. The summed E-state index contributed by atoms with van der Waals surface area (Å²) in [4.78, 5) is 14.0. The van der Waals surface area contributed by atoms with Crippen molar-refractivity contribution in [3.63, 3.8) is 0 Å². The fourth-order valence-electron chi connectivity index (χ4n) is 4.76. The molecule has 1 aliphatic heterocycles. The van der Waals surface area contributed by atoms with Gasteiger partial charge in [-0.25, -0.2) is 9.18 Å². The maximum atomic E-state index is 14.0. The van der Waals surface area contributed by atoms with Gasteiger partial charge >= 0.3 is 5.97 Å². The van der Waals surface area contributed by atoms with Gasteiger partial charge in [-0.05, 0) is 73.9 Å². The summed E-state index contributed by atoms with van der Waals surface area (Å²) < 4.78 is 25.0. The second-order valence-electron chi connectivity index (χ2n) is 9.58. The summed E-state index contributed by atoms with van der Waals surface area (Å²) in [5.41, 5.74) is 3.46. The number of hydrogen-bond acceptors (Lipinski definition) is 5. The van der Waals surface area contributed by atoms with Gasteiger partial charge in [0.05, 0.1) is 25.4 Å². The number of esters is 1. The van der Waals surface area contributed by atoms with E-state index < -0.39 is 6.10 Å². The van der Waals surface area contributed by atoms with Gasteiger partial charge in [-0.2, -0.15) is 0 Å². The molecule has 5 nitrogen and oxygen atoms in total. The minimum atomic E-state index is -0.637. The summed E-state index contributed by atoms with van der Waals surface area (Å²) >= 11 is 0. The Morgan fingerprint density at radius 1 is 1.29 bits per heavy atom. The zero-order chi connectivity index (χ0) is 25.4. The van der Waals surface area contributed by atoms with Crippen LogP contribution in [0.15, 0.2) is 48.5 Å². The topological polar surface area (TPSA) is 59.0 Å². The zero-order valence-electron chi connectivity index (χ0n) is 21.2. The Morgan fingerprint density at radius 3 is 2.80 bits per heavy atom. The molecule has 0 spiro atoms. The Morgan fingerprint density at radius 2 is 2.06 bits per heavy atom. The number of aryl methyl sites for hydroxylation is 1. The molecule has 1 N–H and O–H groups in total. The first-order valence-corrected chi connectivity index (χ1v) is 12.5. The lowest BCUT2D eigenvalue weighted by Gasteiger charge is -2.27. The first kappa shape index (κ1) is 27.1. The summed E-state index contributed by atoms with van der Waals surface area (Å²) in [6.45, 7) is 9.66. The van der Waals surface area contributed by atoms with E-state index in [-0.39, 0.29) is 30.5 Å². The van der Waals surface area contributed by atoms with Crippen LogP contribution in [0.5, 0.6) is 0 Å². The van der Waals surface area contributed by atoms with E-state index >= 15 is 0 Å². The van der Waals surface area contributed by atoms with Crippen LogP contribution in [-0.4, -0.2) is 54.4 Å². The van der Waals surface area contributed by atoms with Gasteiger partial charge in [-0.1, -0.05) is 43.3 Å².